The maximum atomic E-state index is 12.3. The second-order valence-electron chi connectivity index (χ2n) is 4.96. The Morgan fingerprint density at radius 1 is 1.26 bits per heavy atom. The molecule has 6 nitrogen and oxygen atoms in total. The summed E-state index contributed by atoms with van der Waals surface area (Å²) in [4.78, 5) is 22.8. The van der Waals surface area contributed by atoms with Crippen molar-refractivity contribution in [1.29, 1.82) is 0 Å². The molecule has 0 fully saturated rings. The highest BCUT2D eigenvalue weighted by Crippen LogP contribution is 2.26. The van der Waals surface area contributed by atoms with Crippen molar-refractivity contribution in [2.24, 2.45) is 0 Å². The monoisotopic (exact) mass is 333 g/mol. The molecule has 0 saturated carbocycles. The highest BCUT2D eigenvalue weighted by molar-refractivity contribution is 6.31. The number of nitrogens with zero attached hydrogens (tertiary/aromatic N) is 1. The molecule has 1 atom stereocenters. The van der Waals surface area contributed by atoms with Gasteiger partial charge in [0.15, 0.2) is 0 Å². The lowest BCUT2D eigenvalue weighted by Gasteiger charge is -2.16. The molecule has 1 amide bonds. The Labute approximate surface area is 138 Å². The molecule has 0 heterocycles. The van der Waals surface area contributed by atoms with Gasteiger partial charge in [0.2, 0.25) is 0 Å². The van der Waals surface area contributed by atoms with Gasteiger partial charge in [0.1, 0.15) is 5.69 Å². The molecular weight excluding hydrogens is 318 g/mol. The van der Waals surface area contributed by atoms with Gasteiger partial charge in [0, 0.05) is 23.7 Å². The Bertz CT molecular complexity index is 749. The van der Waals surface area contributed by atoms with E-state index in [1.165, 1.54) is 18.2 Å². The summed E-state index contributed by atoms with van der Waals surface area (Å²) in [5.41, 5.74) is 1.20. The molecule has 1 unspecified atom stereocenters. The van der Waals surface area contributed by atoms with E-state index in [0.29, 0.717) is 10.7 Å². The molecule has 0 aliphatic carbocycles. The van der Waals surface area contributed by atoms with E-state index in [9.17, 15) is 14.9 Å². The lowest BCUT2D eigenvalue weighted by atomic mass is 10.1. The molecule has 23 heavy (non-hydrogen) atoms. The van der Waals surface area contributed by atoms with Gasteiger partial charge in [-0.1, -0.05) is 29.8 Å². The Morgan fingerprint density at radius 2 is 1.96 bits per heavy atom. The lowest BCUT2D eigenvalue weighted by Crippen LogP contribution is -2.26. The molecule has 0 saturated heterocycles. The minimum absolute atomic E-state index is 0.148. The zero-order valence-electron chi connectivity index (χ0n) is 12.7. The molecule has 120 valence electrons. The zero-order valence-corrected chi connectivity index (χ0v) is 13.4. The normalized spacial score (nSPS) is 11.6. The topological polar surface area (TPSA) is 84.3 Å². The van der Waals surface area contributed by atoms with Crippen molar-refractivity contribution in [1.82, 2.24) is 5.32 Å². The van der Waals surface area contributed by atoms with Crippen LogP contribution in [0.1, 0.15) is 28.9 Å². The van der Waals surface area contributed by atoms with Gasteiger partial charge in [0.05, 0.1) is 11.0 Å². The number of nitrogens with one attached hydrogen (secondary N) is 2. The molecule has 0 aromatic heterocycles. The Morgan fingerprint density at radius 3 is 2.57 bits per heavy atom. The van der Waals surface area contributed by atoms with Gasteiger partial charge in [-0.15, -0.1) is 0 Å². The van der Waals surface area contributed by atoms with Gasteiger partial charge in [0.25, 0.3) is 11.6 Å². The maximum Gasteiger partial charge on any atom is 0.293 e. The van der Waals surface area contributed by atoms with Crippen molar-refractivity contribution in [3.8, 4) is 0 Å². The van der Waals surface area contributed by atoms with Crippen LogP contribution in [0.2, 0.25) is 5.02 Å². The number of hydrogen-bond acceptors (Lipinski definition) is 4. The standard InChI is InChI=1S/C16H16ClN3O3/c1-10(12-5-3-4-6-13(12)17)19-16(21)11-7-8-14(18-2)15(9-11)20(22)23/h3-10,18H,1-2H3,(H,19,21). The summed E-state index contributed by atoms with van der Waals surface area (Å²) in [6.45, 7) is 1.80. The van der Waals surface area contributed by atoms with E-state index < -0.39 is 10.8 Å². The Balaban J connectivity index is 2.22. The predicted molar refractivity (Wildman–Crippen MR) is 90.0 cm³/mol. The summed E-state index contributed by atoms with van der Waals surface area (Å²) in [6.07, 6.45) is 0. The van der Waals surface area contributed by atoms with E-state index in [1.54, 1.807) is 26.1 Å². The number of anilines is 1. The molecule has 0 radical (unpaired) electrons. The van der Waals surface area contributed by atoms with Crippen LogP contribution in [0.3, 0.4) is 0 Å². The van der Waals surface area contributed by atoms with Crippen LogP contribution in [-0.4, -0.2) is 17.9 Å². The SMILES string of the molecule is CNc1ccc(C(=O)NC(C)c2ccccc2Cl)cc1[N+](=O)[O-]. The van der Waals surface area contributed by atoms with Gasteiger partial charge in [-0.25, -0.2) is 0 Å². The van der Waals surface area contributed by atoms with Crippen molar-refractivity contribution in [3.63, 3.8) is 0 Å². The first-order valence-electron chi connectivity index (χ1n) is 6.95. The minimum Gasteiger partial charge on any atom is -0.383 e. The number of carbonyl (C=O) groups excluding carboxylic acids is 1. The quantitative estimate of drug-likeness (QED) is 0.644. The molecule has 0 aliphatic rings. The Kier molecular flexibility index (Phi) is 5.18. The van der Waals surface area contributed by atoms with Crippen molar-refractivity contribution in [2.45, 2.75) is 13.0 Å². The van der Waals surface area contributed by atoms with E-state index in [0.717, 1.165) is 5.56 Å². The summed E-state index contributed by atoms with van der Waals surface area (Å²) >= 11 is 6.11. The number of halogens is 1. The first-order valence-corrected chi connectivity index (χ1v) is 7.33. The number of rotatable bonds is 5. The summed E-state index contributed by atoms with van der Waals surface area (Å²) < 4.78 is 0. The fourth-order valence-corrected chi connectivity index (χ4v) is 2.52. The van der Waals surface area contributed by atoms with Crippen molar-refractivity contribution in [3.05, 3.63) is 68.7 Å². The fraction of sp³-hybridized carbons (Fsp3) is 0.188. The summed E-state index contributed by atoms with van der Waals surface area (Å²) in [7, 11) is 1.58. The van der Waals surface area contributed by atoms with E-state index in [4.69, 9.17) is 11.6 Å². The molecule has 0 bridgehead atoms. The van der Waals surface area contributed by atoms with Crippen LogP contribution in [0.4, 0.5) is 11.4 Å². The van der Waals surface area contributed by atoms with E-state index in [1.807, 2.05) is 12.1 Å². The number of amides is 1. The number of nitro benzene ring substituents is 1. The van der Waals surface area contributed by atoms with Crippen LogP contribution in [-0.2, 0) is 0 Å². The molecule has 0 aliphatic heterocycles. The molecule has 2 N–H and O–H groups in total. The number of hydrogen-bond donors (Lipinski definition) is 2. The highest BCUT2D eigenvalue weighted by atomic mass is 35.5. The number of benzene rings is 2. The van der Waals surface area contributed by atoms with Gasteiger partial charge >= 0.3 is 0 Å². The van der Waals surface area contributed by atoms with Crippen LogP contribution in [0.5, 0.6) is 0 Å². The van der Waals surface area contributed by atoms with Gasteiger partial charge in [-0.3, -0.25) is 14.9 Å². The first kappa shape index (κ1) is 16.8. The molecule has 2 aromatic rings. The fourth-order valence-electron chi connectivity index (χ4n) is 2.22. The minimum atomic E-state index is -0.528. The first-order chi connectivity index (χ1) is 10.9. The second-order valence-corrected chi connectivity index (χ2v) is 5.36. The molecular formula is C16H16ClN3O3. The number of nitro groups is 1. The van der Waals surface area contributed by atoms with Crippen molar-refractivity contribution >= 4 is 28.9 Å². The predicted octanol–water partition coefficient (Wildman–Crippen LogP) is 3.78. The number of carbonyl (C=O) groups is 1. The van der Waals surface area contributed by atoms with Crippen molar-refractivity contribution < 1.29 is 9.72 Å². The van der Waals surface area contributed by atoms with Crippen LogP contribution in [0, 0.1) is 10.1 Å². The highest BCUT2D eigenvalue weighted by Gasteiger charge is 2.18. The van der Waals surface area contributed by atoms with Gasteiger partial charge in [-0.05, 0) is 30.7 Å². The van der Waals surface area contributed by atoms with Crippen LogP contribution >= 0.6 is 11.6 Å². The van der Waals surface area contributed by atoms with E-state index in [-0.39, 0.29) is 17.3 Å². The van der Waals surface area contributed by atoms with Gasteiger partial charge < -0.3 is 10.6 Å². The average Bonchev–Trinajstić information content (AvgIpc) is 2.54. The molecule has 2 rings (SSSR count). The third-order valence-corrected chi connectivity index (χ3v) is 3.79. The zero-order chi connectivity index (χ0) is 17.0. The average molecular weight is 334 g/mol. The van der Waals surface area contributed by atoms with Crippen LogP contribution in [0.25, 0.3) is 0 Å². The van der Waals surface area contributed by atoms with Gasteiger partial charge in [-0.2, -0.15) is 0 Å². The third-order valence-electron chi connectivity index (χ3n) is 3.45. The summed E-state index contributed by atoms with van der Waals surface area (Å²) in [5.74, 6) is -0.400. The molecule has 2 aromatic carbocycles. The lowest BCUT2D eigenvalue weighted by molar-refractivity contribution is -0.384. The molecule has 7 heteroatoms. The van der Waals surface area contributed by atoms with Crippen LogP contribution in [0.15, 0.2) is 42.5 Å². The van der Waals surface area contributed by atoms with E-state index in [2.05, 4.69) is 10.6 Å². The summed E-state index contributed by atoms with van der Waals surface area (Å²) in [5, 5.41) is 17.1. The maximum absolute atomic E-state index is 12.3. The third kappa shape index (κ3) is 3.78. The summed E-state index contributed by atoms with van der Waals surface area (Å²) in [6, 6.07) is 11.2. The van der Waals surface area contributed by atoms with E-state index >= 15 is 0 Å². The van der Waals surface area contributed by atoms with Crippen LogP contribution < -0.4 is 10.6 Å². The largest absolute Gasteiger partial charge is 0.383 e. The smallest absolute Gasteiger partial charge is 0.293 e. The molecule has 0 spiro atoms. The van der Waals surface area contributed by atoms with Crippen molar-refractivity contribution in [2.75, 3.05) is 12.4 Å². The Hall–Kier alpha value is -2.60. The second kappa shape index (κ2) is 7.11.